The molecule has 0 N–H and O–H groups in total. The average Bonchev–Trinajstić information content (AvgIpc) is 2.84. The zero-order valence-electron chi connectivity index (χ0n) is 11.8. The number of morpholine rings is 1. The van der Waals surface area contributed by atoms with E-state index in [1.54, 1.807) is 7.11 Å². The Kier molecular flexibility index (Phi) is 3.36. The van der Waals surface area contributed by atoms with Gasteiger partial charge in [-0.05, 0) is 24.3 Å². The highest BCUT2D eigenvalue weighted by Crippen LogP contribution is 2.24. The zero-order chi connectivity index (χ0) is 14.1. The molecule has 2 aromatic rings. The van der Waals surface area contributed by atoms with E-state index in [1.807, 2.05) is 40.8 Å². The lowest BCUT2D eigenvalue weighted by Gasteiger charge is -2.26. The number of nitrogens with zero attached hydrogens (tertiary/aromatic N) is 2. The van der Waals surface area contributed by atoms with Crippen LogP contribution in [0.25, 0.3) is 10.9 Å². The van der Waals surface area contributed by atoms with Crippen molar-refractivity contribution < 1.29 is 14.3 Å². The van der Waals surface area contributed by atoms with Crippen LogP contribution in [0.15, 0.2) is 24.3 Å². The van der Waals surface area contributed by atoms with Crippen molar-refractivity contribution in [2.24, 2.45) is 7.05 Å². The van der Waals surface area contributed by atoms with Crippen LogP contribution in [0.3, 0.4) is 0 Å². The number of benzene rings is 1. The Morgan fingerprint density at radius 3 is 2.70 bits per heavy atom. The van der Waals surface area contributed by atoms with E-state index in [0.29, 0.717) is 32.0 Å². The molecule has 0 atom stereocenters. The monoisotopic (exact) mass is 274 g/mol. The molecule has 1 aromatic carbocycles. The number of ether oxygens (including phenoxy) is 2. The third-order valence-corrected chi connectivity index (χ3v) is 3.77. The highest BCUT2D eigenvalue weighted by Gasteiger charge is 2.21. The smallest absolute Gasteiger partial charge is 0.270 e. The third-order valence-electron chi connectivity index (χ3n) is 3.77. The number of carbonyl (C=O) groups excluding carboxylic acids is 1. The quantitative estimate of drug-likeness (QED) is 0.836. The summed E-state index contributed by atoms with van der Waals surface area (Å²) in [5.74, 6) is 0.861. The molecule has 106 valence electrons. The lowest BCUT2D eigenvalue weighted by molar-refractivity contribution is 0.0297. The fourth-order valence-electron chi connectivity index (χ4n) is 2.59. The first kappa shape index (κ1) is 13.0. The van der Waals surface area contributed by atoms with E-state index >= 15 is 0 Å². The molecule has 5 nitrogen and oxygen atoms in total. The Hall–Kier alpha value is -2.01. The van der Waals surface area contributed by atoms with Crippen molar-refractivity contribution >= 4 is 16.8 Å². The summed E-state index contributed by atoms with van der Waals surface area (Å²) in [7, 11) is 3.56. The van der Waals surface area contributed by atoms with E-state index in [4.69, 9.17) is 9.47 Å². The van der Waals surface area contributed by atoms with Crippen LogP contribution in [0.1, 0.15) is 10.5 Å². The maximum Gasteiger partial charge on any atom is 0.270 e. The molecule has 1 aliphatic heterocycles. The molecule has 1 aliphatic rings. The zero-order valence-corrected chi connectivity index (χ0v) is 11.8. The number of methoxy groups -OCH3 is 1. The minimum atomic E-state index is 0.0611. The molecule has 20 heavy (non-hydrogen) atoms. The summed E-state index contributed by atoms with van der Waals surface area (Å²) in [6.45, 7) is 2.54. The summed E-state index contributed by atoms with van der Waals surface area (Å²) in [4.78, 5) is 14.4. The minimum absolute atomic E-state index is 0.0611. The lowest BCUT2D eigenvalue weighted by Crippen LogP contribution is -2.41. The van der Waals surface area contributed by atoms with Gasteiger partial charge in [0, 0.05) is 31.0 Å². The number of rotatable bonds is 2. The van der Waals surface area contributed by atoms with Crippen molar-refractivity contribution in [1.29, 1.82) is 0 Å². The molecule has 0 saturated carbocycles. The van der Waals surface area contributed by atoms with Crippen LogP contribution >= 0.6 is 0 Å². The second-order valence-corrected chi connectivity index (χ2v) is 4.92. The number of aryl methyl sites for hydroxylation is 1. The van der Waals surface area contributed by atoms with Crippen LogP contribution < -0.4 is 4.74 Å². The van der Waals surface area contributed by atoms with E-state index in [0.717, 1.165) is 16.7 Å². The van der Waals surface area contributed by atoms with Crippen molar-refractivity contribution in [1.82, 2.24) is 9.47 Å². The maximum absolute atomic E-state index is 12.6. The predicted octanol–water partition coefficient (Wildman–Crippen LogP) is 1.66. The summed E-state index contributed by atoms with van der Waals surface area (Å²) < 4.78 is 12.5. The molecule has 1 fully saturated rings. The van der Waals surface area contributed by atoms with Gasteiger partial charge in [-0.25, -0.2) is 0 Å². The van der Waals surface area contributed by atoms with Crippen LogP contribution in [-0.2, 0) is 11.8 Å². The van der Waals surface area contributed by atoms with Gasteiger partial charge in [0.2, 0.25) is 0 Å². The third kappa shape index (κ3) is 2.14. The molecule has 1 amide bonds. The van der Waals surface area contributed by atoms with Crippen LogP contribution in [0.4, 0.5) is 0 Å². The molecule has 3 rings (SSSR count). The van der Waals surface area contributed by atoms with Gasteiger partial charge < -0.3 is 18.9 Å². The van der Waals surface area contributed by atoms with Crippen molar-refractivity contribution in [3.8, 4) is 5.75 Å². The van der Waals surface area contributed by atoms with E-state index in [-0.39, 0.29) is 5.91 Å². The van der Waals surface area contributed by atoms with E-state index in [2.05, 4.69) is 0 Å². The van der Waals surface area contributed by atoms with Gasteiger partial charge in [-0.3, -0.25) is 4.79 Å². The van der Waals surface area contributed by atoms with Crippen molar-refractivity contribution in [3.05, 3.63) is 30.0 Å². The summed E-state index contributed by atoms with van der Waals surface area (Å²) in [5.41, 5.74) is 1.73. The van der Waals surface area contributed by atoms with Gasteiger partial charge in [0.15, 0.2) is 0 Å². The average molecular weight is 274 g/mol. The van der Waals surface area contributed by atoms with E-state index in [1.165, 1.54) is 0 Å². The van der Waals surface area contributed by atoms with Gasteiger partial charge in [0.25, 0.3) is 5.91 Å². The Labute approximate surface area is 117 Å². The van der Waals surface area contributed by atoms with E-state index in [9.17, 15) is 4.79 Å². The van der Waals surface area contributed by atoms with Gasteiger partial charge in [0.05, 0.1) is 20.3 Å². The first-order chi connectivity index (χ1) is 9.70. The lowest BCUT2D eigenvalue weighted by atomic mass is 10.2. The van der Waals surface area contributed by atoms with Crippen molar-refractivity contribution in [2.75, 3.05) is 33.4 Å². The van der Waals surface area contributed by atoms with Crippen molar-refractivity contribution in [3.63, 3.8) is 0 Å². The van der Waals surface area contributed by atoms with Gasteiger partial charge in [-0.15, -0.1) is 0 Å². The first-order valence-electron chi connectivity index (χ1n) is 6.71. The number of hydrogen-bond acceptors (Lipinski definition) is 3. The van der Waals surface area contributed by atoms with Crippen LogP contribution in [-0.4, -0.2) is 48.8 Å². The number of carbonyl (C=O) groups is 1. The number of fused-ring (bicyclic) bond motifs is 1. The molecule has 1 saturated heterocycles. The molecular formula is C15H18N2O3. The maximum atomic E-state index is 12.6. The Balaban J connectivity index is 1.98. The van der Waals surface area contributed by atoms with Gasteiger partial charge in [-0.2, -0.15) is 0 Å². The first-order valence-corrected chi connectivity index (χ1v) is 6.71. The molecular weight excluding hydrogens is 256 g/mol. The summed E-state index contributed by atoms with van der Waals surface area (Å²) in [6.07, 6.45) is 0. The second kappa shape index (κ2) is 5.17. The Bertz CT molecular complexity index is 642. The molecule has 2 heterocycles. The molecule has 0 unspecified atom stereocenters. The predicted molar refractivity (Wildman–Crippen MR) is 76.2 cm³/mol. The number of amides is 1. The van der Waals surface area contributed by atoms with E-state index < -0.39 is 0 Å². The summed E-state index contributed by atoms with van der Waals surface area (Å²) in [6, 6.07) is 7.76. The molecule has 0 radical (unpaired) electrons. The molecule has 1 aromatic heterocycles. The van der Waals surface area contributed by atoms with Gasteiger partial charge in [-0.1, -0.05) is 0 Å². The topological polar surface area (TPSA) is 43.7 Å². The molecule has 0 aliphatic carbocycles. The van der Waals surface area contributed by atoms with Gasteiger partial charge in [0.1, 0.15) is 11.4 Å². The van der Waals surface area contributed by atoms with Crippen LogP contribution in [0.5, 0.6) is 5.75 Å². The summed E-state index contributed by atoms with van der Waals surface area (Å²) >= 11 is 0. The fraction of sp³-hybridized carbons (Fsp3) is 0.400. The fourth-order valence-corrected chi connectivity index (χ4v) is 2.59. The minimum Gasteiger partial charge on any atom is -0.497 e. The van der Waals surface area contributed by atoms with Crippen LogP contribution in [0.2, 0.25) is 0 Å². The highest BCUT2D eigenvalue weighted by atomic mass is 16.5. The molecule has 5 heteroatoms. The Morgan fingerprint density at radius 2 is 2.00 bits per heavy atom. The second-order valence-electron chi connectivity index (χ2n) is 4.92. The molecule has 0 bridgehead atoms. The number of aromatic nitrogens is 1. The summed E-state index contributed by atoms with van der Waals surface area (Å²) in [5, 5.41) is 1.02. The molecule has 0 spiro atoms. The number of hydrogen-bond donors (Lipinski definition) is 0. The largest absolute Gasteiger partial charge is 0.497 e. The van der Waals surface area contributed by atoms with Gasteiger partial charge >= 0.3 is 0 Å². The highest BCUT2D eigenvalue weighted by molar-refractivity contribution is 5.99. The Morgan fingerprint density at radius 1 is 1.25 bits per heavy atom. The van der Waals surface area contributed by atoms with Crippen molar-refractivity contribution in [2.45, 2.75) is 0 Å². The standard InChI is InChI=1S/C15H18N2O3/c1-16-13-4-3-12(19-2)9-11(13)10-14(16)15(18)17-5-7-20-8-6-17/h3-4,9-10H,5-8H2,1-2H3. The SMILES string of the molecule is COc1ccc2c(c1)cc(C(=O)N1CCOCC1)n2C. The normalized spacial score (nSPS) is 15.6. The van der Waals surface area contributed by atoms with Crippen LogP contribution in [0, 0.1) is 0 Å².